The number of carbonyl (C=O) groups is 2. The van der Waals surface area contributed by atoms with E-state index in [4.69, 9.17) is 0 Å². The van der Waals surface area contributed by atoms with E-state index in [9.17, 15) is 9.59 Å². The third kappa shape index (κ3) is 4.24. The first kappa shape index (κ1) is 15.8. The third-order valence-electron chi connectivity index (χ3n) is 4.75. The van der Waals surface area contributed by atoms with E-state index < -0.39 is 0 Å². The maximum Gasteiger partial charge on any atom is 0.321 e. The van der Waals surface area contributed by atoms with Crippen LogP contribution in [0.1, 0.15) is 44.9 Å². The number of anilines is 2. The third-order valence-corrected chi connectivity index (χ3v) is 4.75. The topological polar surface area (TPSA) is 61.4 Å². The summed E-state index contributed by atoms with van der Waals surface area (Å²) in [6, 6.07) is 7.35. The first-order valence-corrected chi connectivity index (χ1v) is 8.69. The largest absolute Gasteiger partial charge is 0.326 e. The molecule has 0 bridgehead atoms. The van der Waals surface area contributed by atoms with Gasteiger partial charge in [0.25, 0.3) is 0 Å². The van der Waals surface area contributed by atoms with Crippen LogP contribution in [-0.4, -0.2) is 29.9 Å². The average Bonchev–Trinajstić information content (AvgIpc) is 3.10. The predicted octanol–water partition coefficient (Wildman–Crippen LogP) is 3.83. The highest BCUT2D eigenvalue weighted by Gasteiger charge is 2.21. The molecule has 0 aromatic heterocycles. The number of nitrogens with one attached hydrogen (secondary N) is 2. The average molecular weight is 315 g/mol. The molecule has 1 saturated heterocycles. The molecule has 1 aliphatic carbocycles. The van der Waals surface area contributed by atoms with E-state index in [0.29, 0.717) is 0 Å². The van der Waals surface area contributed by atoms with Crippen molar-refractivity contribution in [1.82, 2.24) is 4.90 Å². The standard InChI is InChI=1S/C18H25N3O2/c22-17(14-7-2-1-3-8-14)19-15-9-6-10-16(13-15)20-18(23)21-11-4-5-12-21/h6,9-10,13-14H,1-5,7-8,11-12H2,(H,19,22)(H,20,23). The minimum atomic E-state index is -0.0572. The molecule has 1 saturated carbocycles. The van der Waals surface area contributed by atoms with Crippen molar-refractivity contribution in [2.75, 3.05) is 23.7 Å². The van der Waals surface area contributed by atoms with Crippen molar-refractivity contribution in [2.45, 2.75) is 44.9 Å². The molecule has 1 aliphatic heterocycles. The molecule has 1 aromatic carbocycles. The Morgan fingerprint density at radius 1 is 0.913 bits per heavy atom. The van der Waals surface area contributed by atoms with Gasteiger partial charge in [0, 0.05) is 30.4 Å². The Morgan fingerprint density at radius 3 is 2.26 bits per heavy atom. The van der Waals surface area contributed by atoms with Gasteiger partial charge in [-0.05, 0) is 43.9 Å². The monoisotopic (exact) mass is 315 g/mol. The first-order valence-electron chi connectivity index (χ1n) is 8.69. The van der Waals surface area contributed by atoms with Crippen LogP contribution in [0.5, 0.6) is 0 Å². The summed E-state index contributed by atoms with van der Waals surface area (Å²) in [6.45, 7) is 1.65. The van der Waals surface area contributed by atoms with Gasteiger partial charge in [-0.1, -0.05) is 25.3 Å². The summed E-state index contributed by atoms with van der Waals surface area (Å²) in [6.07, 6.45) is 7.64. The highest BCUT2D eigenvalue weighted by Crippen LogP contribution is 2.25. The first-order chi connectivity index (χ1) is 11.2. The predicted molar refractivity (Wildman–Crippen MR) is 91.5 cm³/mol. The van der Waals surface area contributed by atoms with Gasteiger partial charge in [0.1, 0.15) is 0 Å². The van der Waals surface area contributed by atoms with Gasteiger partial charge in [0.2, 0.25) is 5.91 Å². The number of rotatable bonds is 3. The lowest BCUT2D eigenvalue weighted by Gasteiger charge is -2.21. The fourth-order valence-electron chi connectivity index (χ4n) is 3.41. The van der Waals surface area contributed by atoms with Gasteiger partial charge >= 0.3 is 6.03 Å². The van der Waals surface area contributed by atoms with Crippen molar-refractivity contribution in [2.24, 2.45) is 5.92 Å². The van der Waals surface area contributed by atoms with E-state index in [0.717, 1.165) is 63.0 Å². The number of likely N-dealkylation sites (tertiary alicyclic amines) is 1. The van der Waals surface area contributed by atoms with Crippen molar-refractivity contribution in [1.29, 1.82) is 0 Å². The Hall–Kier alpha value is -2.04. The minimum Gasteiger partial charge on any atom is -0.326 e. The summed E-state index contributed by atoms with van der Waals surface area (Å²) in [5, 5.41) is 5.90. The molecule has 3 rings (SSSR count). The van der Waals surface area contributed by atoms with Crippen molar-refractivity contribution in [3.05, 3.63) is 24.3 Å². The summed E-state index contributed by atoms with van der Waals surface area (Å²) >= 11 is 0. The highest BCUT2D eigenvalue weighted by molar-refractivity contribution is 5.94. The van der Waals surface area contributed by atoms with Crippen LogP contribution in [0.25, 0.3) is 0 Å². The zero-order valence-electron chi connectivity index (χ0n) is 13.5. The number of hydrogen-bond donors (Lipinski definition) is 2. The number of benzene rings is 1. The van der Waals surface area contributed by atoms with Gasteiger partial charge in [-0.15, -0.1) is 0 Å². The smallest absolute Gasteiger partial charge is 0.321 e. The number of urea groups is 1. The molecular formula is C18H25N3O2. The Balaban J connectivity index is 1.58. The van der Waals surface area contributed by atoms with Crippen LogP contribution in [0.3, 0.4) is 0 Å². The summed E-state index contributed by atoms with van der Waals surface area (Å²) in [7, 11) is 0. The number of carbonyl (C=O) groups excluding carboxylic acids is 2. The van der Waals surface area contributed by atoms with Gasteiger partial charge in [-0.3, -0.25) is 4.79 Å². The molecule has 1 aromatic rings. The second kappa shape index (κ2) is 7.49. The Bertz CT molecular complexity index is 561. The SMILES string of the molecule is O=C(Nc1cccc(NC(=O)N2CCCC2)c1)C1CCCCC1. The normalized spacial score (nSPS) is 18.7. The maximum atomic E-state index is 12.3. The van der Waals surface area contributed by atoms with Crippen LogP contribution in [0.4, 0.5) is 16.2 Å². The quantitative estimate of drug-likeness (QED) is 0.890. The molecule has 0 spiro atoms. The second-order valence-electron chi connectivity index (χ2n) is 6.53. The van der Waals surface area contributed by atoms with Crippen molar-refractivity contribution in [3.63, 3.8) is 0 Å². The number of amides is 3. The molecule has 5 heteroatoms. The molecular weight excluding hydrogens is 290 g/mol. The molecule has 2 aliphatic rings. The molecule has 0 atom stereocenters. The lowest BCUT2D eigenvalue weighted by atomic mass is 9.88. The number of nitrogens with zero attached hydrogens (tertiary/aromatic N) is 1. The molecule has 23 heavy (non-hydrogen) atoms. The maximum absolute atomic E-state index is 12.3. The minimum absolute atomic E-state index is 0.0572. The van der Waals surface area contributed by atoms with Gasteiger partial charge in [0.05, 0.1) is 0 Å². The summed E-state index contributed by atoms with van der Waals surface area (Å²) in [5.74, 6) is 0.235. The van der Waals surface area contributed by atoms with Crippen molar-refractivity contribution >= 4 is 23.3 Å². The van der Waals surface area contributed by atoms with E-state index in [1.54, 1.807) is 0 Å². The van der Waals surface area contributed by atoms with Crippen LogP contribution in [0, 0.1) is 5.92 Å². The van der Waals surface area contributed by atoms with Crippen LogP contribution in [-0.2, 0) is 4.79 Å². The zero-order chi connectivity index (χ0) is 16.1. The molecule has 2 fully saturated rings. The Morgan fingerprint density at radius 2 is 1.57 bits per heavy atom. The van der Waals surface area contributed by atoms with E-state index >= 15 is 0 Å². The molecule has 124 valence electrons. The van der Waals surface area contributed by atoms with E-state index in [1.807, 2.05) is 29.2 Å². The molecule has 5 nitrogen and oxygen atoms in total. The van der Waals surface area contributed by atoms with Gasteiger partial charge in [-0.25, -0.2) is 4.79 Å². The van der Waals surface area contributed by atoms with E-state index in [1.165, 1.54) is 6.42 Å². The van der Waals surface area contributed by atoms with Crippen molar-refractivity contribution in [3.8, 4) is 0 Å². The molecule has 3 amide bonds. The fraction of sp³-hybridized carbons (Fsp3) is 0.556. The van der Waals surface area contributed by atoms with Gasteiger partial charge < -0.3 is 15.5 Å². The van der Waals surface area contributed by atoms with Crippen LogP contribution in [0.15, 0.2) is 24.3 Å². The summed E-state index contributed by atoms with van der Waals surface area (Å²) in [4.78, 5) is 26.3. The van der Waals surface area contributed by atoms with Gasteiger partial charge in [-0.2, -0.15) is 0 Å². The van der Waals surface area contributed by atoms with E-state index in [-0.39, 0.29) is 17.9 Å². The number of hydrogen-bond acceptors (Lipinski definition) is 2. The van der Waals surface area contributed by atoms with Gasteiger partial charge in [0.15, 0.2) is 0 Å². The highest BCUT2D eigenvalue weighted by atomic mass is 16.2. The molecule has 0 unspecified atom stereocenters. The molecule has 1 heterocycles. The van der Waals surface area contributed by atoms with Crippen LogP contribution in [0.2, 0.25) is 0 Å². The Kier molecular flexibility index (Phi) is 5.16. The van der Waals surface area contributed by atoms with Crippen molar-refractivity contribution < 1.29 is 9.59 Å². The summed E-state index contributed by atoms with van der Waals surface area (Å²) < 4.78 is 0. The lowest BCUT2D eigenvalue weighted by molar-refractivity contribution is -0.120. The Labute approximate surface area is 137 Å². The van der Waals surface area contributed by atoms with Crippen LogP contribution < -0.4 is 10.6 Å². The zero-order valence-corrected chi connectivity index (χ0v) is 13.5. The molecule has 2 N–H and O–H groups in total. The lowest BCUT2D eigenvalue weighted by Crippen LogP contribution is -2.32. The van der Waals surface area contributed by atoms with E-state index in [2.05, 4.69) is 10.6 Å². The summed E-state index contributed by atoms with van der Waals surface area (Å²) in [5.41, 5.74) is 1.48. The molecule has 0 radical (unpaired) electrons. The fourth-order valence-corrected chi connectivity index (χ4v) is 3.41. The van der Waals surface area contributed by atoms with Crippen LogP contribution >= 0.6 is 0 Å². The second-order valence-corrected chi connectivity index (χ2v) is 6.53.